The average molecular weight is 366 g/mol. The maximum atomic E-state index is 12.8. The van der Waals surface area contributed by atoms with Crippen LogP contribution in [0.5, 0.6) is 5.88 Å². The summed E-state index contributed by atoms with van der Waals surface area (Å²) in [5.41, 5.74) is 0.833. The molecule has 0 spiro atoms. The zero-order chi connectivity index (χ0) is 18.2. The van der Waals surface area contributed by atoms with Gasteiger partial charge < -0.3 is 15.0 Å². The van der Waals surface area contributed by atoms with Crippen molar-refractivity contribution in [1.82, 2.24) is 20.4 Å². The number of piperidine rings is 1. The van der Waals surface area contributed by atoms with Gasteiger partial charge in [0.1, 0.15) is 12.1 Å². The summed E-state index contributed by atoms with van der Waals surface area (Å²) in [6.07, 6.45) is 4.25. The quantitative estimate of drug-likeness (QED) is 0.785. The number of ether oxygens (including phenoxy) is 1. The molecule has 1 N–H and O–H groups in total. The number of hydrogen-bond donors (Lipinski definition) is 1. The Hall–Kier alpha value is -1.83. The Morgan fingerprint density at radius 3 is 2.88 bits per heavy atom. The standard InChI is InChI=1S/C17H26N4O3S/c1-12-6-7-16(20-19-12)24-14-5-4-9-21(11-14)17(23)15(8-10-25-3)18-13(2)22/h6-7,14-15H,4-5,8-11H2,1-3H3,(H,18,22)/t14-,15-/m0/s1. The molecule has 1 aliphatic rings. The molecule has 1 aromatic rings. The first-order chi connectivity index (χ1) is 12.0. The molecule has 2 heterocycles. The molecule has 25 heavy (non-hydrogen) atoms. The molecule has 1 aromatic heterocycles. The van der Waals surface area contributed by atoms with Gasteiger partial charge in [-0.15, -0.1) is 5.10 Å². The lowest BCUT2D eigenvalue weighted by molar-refractivity contribution is -0.138. The Kier molecular flexibility index (Phi) is 7.49. The molecule has 0 saturated carbocycles. The van der Waals surface area contributed by atoms with Gasteiger partial charge >= 0.3 is 0 Å². The zero-order valence-electron chi connectivity index (χ0n) is 15.0. The van der Waals surface area contributed by atoms with Gasteiger partial charge in [0.2, 0.25) is 17.7 Å². The highest BCUT2D eigenvalue weighted by Crippen LogP contribution is 2.18. The molecule has 0 bridgehead atoms. The number of nitrogens with one attached hydrogen (secondary N) is 1. The molecule has 2 amide bonds. The smallest absolute Gasteiger partial charge is 0.245 e. The van der Waals surface area contributed by atoms with Crippen LogP contribution >= 0.6 is 11.8 Å². The Labute approximate surface area is 152 Å². The van der Waals surface area contributed by atoms with Crippen molar-refractivity contribution in [3.63, 3.8) is 0 Å². The number of aromatic nitrogens is 2. The number of aryl methyl sites for hydroxylation is 1. The van der Waals surface area contributed by atoms with Crippen molar-refractivity contribution in [2.45, 2.75) is 45.3 Å². The summed E-state index contributed by atoms with van der Waals surface area (Å²) in [7, 11) is 0. The van der Waals surface area contributed by atoms with E-state index in [1.54, 1.807) is 22.7 Å². The average Bonchev–Trinajstić information content (AvgIpc) is 2.60. The number of carbonyl (C=O) groups excluding carboxylic acids is 2. The van der Waals surface area contributed by atoms with Crippen molar-refractivity contribution in [2.75, 3.05) is 25.1 Å². The molecule has 1 fully saturated rings. The lowest BCUT2D eigenvalue weighted by Crippen LogP contribution is -2.52. The van der Waals surface area contributed by atoms with Crippen molar-refractivity contribution in [3.05, 3.63) is 17.8 Å². The normalized spacial score (nSPS) is 18.5. The molecular weight excluding hydrogens is 340 g/mol. The Balaban J connectivity index is 1.96. The molecule has 0 aromatic carbocycles. The first-order valence-electron chi connectivity index (χ1n) is 8.51. The SMILES string of the molecule is CSCC[C@H](NC(C)=O)C(=O)N1CCC[C@H](Oc2ccc(C)nn2)C1. The van der Waals surface area contributed by atoms with Crippen LogP contribution in [0.4, 0.5) is 0 Å². The van der Waals surface area contributed by atoms with Gasteiger partial charge in [-0.2, -0.15) is 16.9 Å². The Morgan fingerprint density at radius 1 is 1.44 bits per heavy atom. The van der Waals surface area contributed by atoms with Gasteiger partial charge in [-0.1, -0.05) is 0 Å². The maximum Gasteiger partial charge on any atom is 0.245 e. The van der Waals surface area contributed by atoms with Gasteiger partial charge in [-0.3, -0.25) is 9.59 Å². The lowest BCUT2D eigenvalue weighted by Gasteiger charge is -2.34. The predicted octanol–water partition coefficient (Wildman–Crippen LogP) is 1.41. The first kappa shape index (κ1) is 19.5. The van der Waals surface area contributed by atoms with E-state index < -0.39 is 6.04 Å². The fraction of sp³-hybridized carbons (Fsp3) is 0.647. The van der Waals surface area contributed by atoms with Gasteiger partial charge in [0.15, 0.2) is 0 Å². The second-order valence-electron chi connectivity index (χ2n) is 6.21. The molecule has 7 nitrogen and oxygen atoms in total. The van der Waals surface area contributed by atoms with Crippen molar-refractivity contribution >= 4 is 23.6 Å². The second kappa shape index (κ2) is 9.60. The second-order valence-corrected chi connectivity index (χ2v) is 7.20. The fourth-order valence-corrected chi connectivity index (χ4v) is 3.29. The highest BCUT2D eigenvalue weighted by molar-refractivity contribution is 7.98. The molecule has 2 atom stereocenters. The molecule has 1 saturated heterocycles. The van der Waals surface area contributed by atoms with Crippen LogP contribution < -0.4 is 10.1 Å². The summed E-state index contributed by atoms with van der Waals surface area (Å²) in [6.45, 7) is 4.50. The zero-order valence-corrected chi connectivity index (χ0v) is 15.8. The minimum absolute atomic E-state index is 0.0347. The molecule has 0 aliphatic carbocycles. The van der Waals surface area contributed by atoms with E-state index in [-0.39, 0.29) is 17.9 Å². The topological polar surface area (TPSA) is 84.4 Å². The van der Waals surface area contributed by atoms with Gasteiger partial charge in [-0.25, -0.2) is 0 Å². The van der Waals surface area contributed by atoms with Crippen LogP contribution in [0.15, 0.2) is 12.1 Å². The highest BCUT2D eigenvalue weighted by Gasteiger charge is 2.30. The number of likely N-dealkylation sites (tertiary alicyclic amines) is 1. The number of rotatable bonds is 7. The Bertz CT molecular complexity index is 582. The van der Waals surface area contributed by atoms with Crippen molar-refractivity contribution in [1.29, 1.82) is 0 Å². The summed E-state index contributed by atoms with van der Waals surface area (Å²) in [4.78, 5) is 26.0. The fourth-order valence-electron chi connectivity index (χ4n) is 2.81. The third kappa shape index (κ3) is 6.19. The van der Waals surface area contributed by atoms with Gasteiger partial charge in [0.25, 0.3) is 0 Å². The van der Waals surface area contributed by atoms with Crippen LogP contribution in [0.2, 0.25) is 0 Å². The molecule has 1 aliphatic heterocycles. The van der Waals surface area contributed by atoms with Crippen molar-refractivity contribution in [3.8, 4) is 5.88 Å². The monoisotopic (exact) mass is 366 g/mol. The van der Waals surface area contributed by atoms with Gasteiger partial charge in [-0.05, 0) is 44.3 Å². The Morgan fingerprint density at radius 2 is 2.24 bits per heavy atom. The summed E-state index contributed by atoms with van der Waals surface area (Å²) in [5, 5.41) is 10.8. The summed E-state index contributed by atoms with van der Waals surface area (Å²) in [6, 6.07) is 3.17. The van der Waals surface area contributed by atoms with E-state index in [2.05, 4.69) is 15.5 Å². The van der Waals surface area contributed by atoms with E-state index in [0.717, 1.165) is 24.3 Å². The van der Waals surface area contributed by atoms with E-state index in [4.69, 9.17) is 4.74 Å². The van der Waals surface area contributed by atoms with Crippen LogP contribution in [0.25, 0.3) is 0 Å². The van der Waals surface area contributed by atoms with Crippen molar-refractivity contribution in [2.24, 2.45) is 0 Å². The van der Waals surface area contributed by atoms with E-state index >= 15 is 0 Å². The van der Waals surface area contributed by atoms with E-state index in [1.807, 2.05) is 19.2 Å². The van der Waals surface area contributed by atoms with E-state index in [1.165, 1.54) is 6.92 Å². The third-order valence-electron chi connectivity index (χ3n) is 4.04. The third-order valence-corrected chi connectivity index (χ3v) is 4.68. The number of amides is 2. The summed E-state index contributed by atoms with van der Waals surface area (Å²) in [5.74, 6) is 1.08. The molecule has 0 unspecified atom stereocenters. The van der Waals surface area contributed by atoms with Crippen LogP contribution in [0.3, 0.4) is 0 Å². The predicted molar refractivity (Wildman–Crippen MR) is 97.6 cm³/mol. The highest BCUT2D eigenvalue weighted by atomic mass is 32.2. The minimum Gasteiger partial charge on any atom is -0.471 e. The lowest BCUT2D eigenvalue weighted by atomic mass is 10.1. The number of thioether (sulfide) groups is 1. The largest absolute Gasteiger partial charge is 0.471 e. The molecule has 2 rings (SSSR count). The van der Waals surface area contributed by atoms with Gasteiger partial charge in [0, 0.05) is 19.5 Å². The summed E-state index contributed by atoms with van der Waals surface area (Å²) >= 11 is 1.66. The van der Waals surface area contributed by atoms with Crippen LogP contribution in [-0.2, 0) is 9.59 Å². The summed E-state index contributed by atoms with van der Waals surface area (Å²) < 4.78 is 5.87. The van der Waals surface area contributed by atoms with Gasteiger partial charge in [0.05, 0.1) is 12.2 Å². The van der Waals surface area contributed by atoms with Crippen LogP contribution in [0.1, 0.15) is 31.9 Å². The molecule has 8 heteroatoms. The van der Waals surface area contributed by atoms with Crippen LogP contribution in [0, 0.1) is 6.92 Å². The number of nitrogens with zero attached hydrogens (tertiary/aromatic N) is 3. The molecular formula is C17H26N4O3S. The molecule has 138 valence electrons. The van der Waals surface area contributed by atoms with E-state index in [9.17, 15) is 9.59 Å². The minimum atomic E-state index is -0.470. The van der Waals surface area contributed by atoms with Crippen molar-refractivity contribution < 1.29 is 14.3 Å². The van der Waals surface area contributed by atoms with E-state index in [0.29, 0.717) is 25.4 Å². The molecule has 0 radical (unpaired) electrons. The number of carbonyl (C=O) groups is 2. The van der Waals surface area contributed by atoms with Crippen LogP contribution in [-0.4, -0.2) is 64.2 Å². The number of hydrogen-bond acceptors (Lipinski definition) is 6. The first-order valence-corrected chi connectivity index (χ1v) is 9.90. The maximum absolute atomic E-state index is 12.8.